The van der Waals surface area contributed by atoms with E-state index in [-0.39, 0.29) is 0 Å². The highest BCUT2D eigenvalue weighted by molar-refractivity contribution is 6.16. The summed E-state index contributed by atoms with van der Waals surface area (Å²) in [5.41, 5.74) is 23.2. The third kappa shape index (κ3) is 8.96. The summed E-state index contributed by atoms with van der Waals surface area (Å²) in [5, 5.41) is 19.4. The lowest BCUT2D eigenvalue weighted by Gasteiger charge is -2.11. The number of aromatic nitrogens is 4. The van der Waals surface area contributed by atoms with E-state index in [0.717, 1.165) is 72.8 Å². The smallest absolute Gasteiger partial charge is 0.0991 e. The third-order valence-electron chi connectivity index (χ3n) is 18.2. The van der Waals surface area contributed by atoms with Gasteiger partial charge in [0.2, 0.25) is 0 Å². The zero-order valence-electron chi connectivity index (χ0n) is 49.5. The molecule has 0 unspecified atom stereocenters. The molecule has 0 aliphatic carbocycles. The van der Waals surface area contributed by atoms with E-state index in [0.29, 0.717) is 17.8 Å². The molecule has 0 bridgehead atoms. The fraction of sp³-hybridized carbons (Fsp3) is 0.0119. The van der Waals surface area contributed by atoms with E-state index in [1.54, 1.807) is 0 Å². The molecular weight excluding hydrogens is 1110 g/mol. The molecule has 17 aromatic rings. The van der Waals surface area contributed by atoms with Gasteiger partial charge in [0, 0.05) is 71.4 Å². The topological polar surface area (TPSA) is 68.2 Å². The molecule has 4 aromatic heterocycles. The molecule has 7 nitrogen and oxygen atoms in total. The summed E-state index contributed by atoms with van der Waals surface area (Å²) in [6.45, 7) is 4.49. The SMILES string of the molecule is C=N/C(=C\C(=NCc1ccc(-n2c3ccccc3c3cc(-c4ccc5c(c4)c4ccccc4n5-c4ccccc4)ccc32)cc1)c1ccc(C#N)cc1)c1ccc(-n2c3ccccc3c3cc(-c4ccc5c(c4)c4ccccc4n5-c4ccccc4)ccc32)cc1. The molecule has 0 saturated heterocycles. The largest absolute Gasteiger partial charge is 0.309 e. The summed E-state index contributed by atoms with van der Waals surface area (Å²) < 4.78 is 9.43. The monoisotopic (exact) mass is 1160 g/mol. The Hall–Kier alpha value is -12.4. The van der Waals surface area contributed by atoms with Gasteiger partial charge < -0.3 is 18.3 Å². The molecule has 0 N–H and O–H groups in total. The van der Waals surface area contributed by atoms with E-state index >= 15 is 0 Å². The molecule has 4 heterocycles. The molecule has 91 heavy (non-hydrogen) atoms. The Balaban J connectivity index is 0.672. The number of allylic oxidation sites excluding steroid dienone is 1. The number of fused-ring (bicyclic) bond motifs is 12. The van der Waals surface area contributed by atoms with Crippen molar-refractivity contribution in [2.75, 3.05) is 0 Å². The Morgan fingerprint density at radius 1 is 0.330 bits per heavy atom. The number of hydrogen-bond donors (Lipinski definition) is 0. The van der Waals surface area contributed by atoms with Gasteiger partial charge in [0.25, 0.3) is 0 Å². The third-order valence-corrected chi connectivity index (χ3v) is 18.2. The Morgan fingerprint density at radius 3 is 1.01 bits per heavy atom. The van der Waals surface area contributed by atoms with Crippen molar-refractivity contribution in [3.05, 3.63) is 332 Å². The van der Waals surface area contributed by atoms with E-state index < -0.39 is 0 Å². The van der Waals surface area contributed by atoms with Gasteiger partial charge in [-0.25, -0.2) is 0 Å². The second kappa shape index (κ2) is 21.8. The average molecular weight is 1160 g/mol. The zero-order chi connectivity index (χ0) is 60.5. The van der Waals surface area contributed by atoms with Crippen molar-refractivity contribution in [2.45, 2.75) is 6.54 Å². The number of para-hydroxylation sites is 6. The predicted molar refractivity (Wildman–Crippen MR) is 380 cm³/mol. The van der Waals surface area contributed by atoms with Crippen LogP contribution in [0.4, 0.5) is 0 Å². The first-order chi connectivity index (χ1) is 45.0. The van der Waals surface area contributed by atoms with Crippen LogP contribution in [0.15, 0.2) is 319 Å². The second-order valence-electron chi connectivity index (χ2n) is 23.3. The second-order valence-corrected chi connectivity index (χ2v) is 23.3. The van der Waals surface area contributed by atoms with E-state index in [1.807, 2.05) is 30.3 Å². The summed E-state index contributed by atoms with van der Waals surface area (Å²) in [4.78, 5) is 9.88. The fourth-order valence-electron chi connectivity index (χ4n) is 13.9. The maximum atomic E-state index is 9.75. The van der Waals surface area contributed by atoms with Crippen LogP contribution in [0.3, 0.4) is 0 Å². The molecule has 426 valence electrons. The first kappa shape index (κ1) is 52.9. The molecular formula is C84H55N7. The van der Waals surface area contributed by atoms with Gasteiger partial charge in [-0.1, -0.05) is 170 Å². The predicted octanol–water partition coefficient (Wildman–Crippen LogP) is 21.0. The minimum atomic E-state index is 0.420. The first-order valence-corrected chi connectivity index (χ1v) is 30.7. The van der Waals surface area contributed by atoms with E-state index in [4.69, 9.17) is 4.99 Å². The highest BCUT2D eigenvalue weighted by Gasteiger charge is 2.20. The number of benzene rings is 13. The van der Waals surface area contributed by atoms with Gasteiger partial charge in [-0.3, -0.25) is 9.98 Å². The minimum Gasteiger partial charge on any atom is -0.309 e. The molecule has 0 radical (unpaired) electrons. The molecule has 0 fully saturated rings. The standard InChI is InChI=1S/C84H55N7/c1-86-75(57-34-42-66(43-35-57)91-80-27-15-11-23-70(80)74-51-62(39-47-84(74)91)60-37-45-82-72(49-60)68-21-9-13-25-78(68)89(82)64-18-6-3-7-19-64)52-76(58-32-28-55(53-85)29-33-58)87-54-56-30-40-65(41-31-56)90-79-26-14-10-22-69(79)73-50-61(38-46-83(73)90)59-36-44-81-71(48-59)67-20-8-12-24-77(67)88(81)63-16-4-2-5-17-63/h2-52H,1,54H2/b75-52-,87-76?. The maximum absolute atomic E-state index is 9.75. The Kier molecular flexibility index (Phi) is 12.7. The van der Waals surface area contributed by atoms with Gasteiger partial charge in [0.15, 0.2) is 0 Å². The summed E-state index contributed by atoms with van der Waals surface area (Å²) in [6, 6.07) is 111. The molecule has 7 heteroatoms. The lowest BCUT2D eigenvalue weighted by Crippen LogP contribution is -2.01. The number of nitrogens with zero attached hydrogens (tertiary/aromatic N) is 7. The fourth-order valence-corrected chi connectivity index (χ4v) is 13.9. The van der Waals surface area contributed by atoms with Crippen molar-refractivity contribution < 1.29 is 0 Å². The Morgan fingerprint density at radius 2 is 0.648 bits per heavy atom. The van der Waals surface area contributed by atoms with E-state index in [2.05, 4.69) is 315 Å². The number of hydrogen-bond acceptors (Lipinski definition) is 3. The molecule has 0 saturated carbocycles. The van der Waals surface area contributed by atoms with Gasteiger partial charge in [0.1, 0.15) is 0 Å². The molecule has 0 aliphatic rings. The summed E-state index contributed by atoms with van der Waals surface area (Å²) >= 11 is 0. The van der Waals surface area contributed by atoms with Crippen molar-refractivity contribution in [1.82, 2.24) is 18.3 Å². The first-order valence-electron chi connectivity index (χ1n) is 30.7. The molecule has 13 aromatic carbocycles. The highest BCUT2D eigenvalue weighted by atomic mass is 15.0. The number of nitriles is 1. The van der Waals surface area contributed by atoms with Crippen LogP contribution in [0.25, 0.3) is 138 Å². The molecule has 0 aliphatic heterocycles. The van der Waals surface area contributed by atoms with Crippen molar-refractivity contribution in [3.63, 3.8) is 0 Å². The van der Waals surface area contributed by atoms with E-state index in [9.17, 15) is 5.26 Å². The summed E-state index contributed by atoms with van der Waals surface area (Å²) in [6.07, 6.45) is 2.00. The molecule has 0 spiro atoms. The number of aliphatic imine (C=N–C) groups is 2. The van der Waals surface area contributed by atoms with Crippen LogP contribution in [-0.2, 0) is 6.54 Å². The summed E-state index contributed by atoms with van der Waals surface area (Å²) in [5.74, 6) is 0. The number of rotatable bonds is 12. The Bertz CT molecular complexity index is 5850. The van der Waals surface area contributed by atoms with Gasteiger partial charge >= 0.3 is 0 Å². The quantitative estimate of drug-likeness (QED) is 0.112. The van der Waals surface area contributed by atoms with E-state index in [1.165, 1.54) is 81.8 Å². The van der Waals surface area contributed by atoms with Gasteiger partial charge in [-0.05, 0) is 180 Å². The normalized spacial score (nSPS) is 12.2. The maximum Gasteiger partial charge on any atom is 0.0991 e. The van der Waals surface area contributed by atoms with Crippen LogP contribution >= 0.6 is 0 Å². The lowest BCUT2D eigenvalue weighted by molar-refractivity contribution is 1.06. The molecule has 0 amide bonds. The molecule has 17 rings (SSSR count). The van der Waals surface area contributed by atoms with Gasteiger partial charge in [-0.15, -0.1) is 0 Å². The van der Waals surface area contributed by atoms with Crippen LogP contribution in [0.5, 0.6) is 0 Å². The lowest BCUT2D eigenvalue weighted by atomic mass is 10.0. The van der Waals surface area contributed by atoms with Crippen LogP contribution < -0.4 is 0 Å². The summed E-state index contributed by atoms with van der Waals surface area (Å²) in [7, 11) is 0. The Labute approximate surface area is 525 Å². The van der Waals surface area contributed by atoms with Crippen LogP contribution in [0, 0.1) is 11.3 Å². The minimum absolute atomic E-state index is 0.420. The molecule has 0 atom stereocenters. The van der Waals surface area contributed by atoms with Crippen molar-refractivity contribution in [1.29, 1.82) is 5.26 Å². The van der Waals surface area contributed by atoms with Crippen LogP contribution in [0.2, 0.25) is 0 Å². The average Bonchev–Trinajstić information content (AvgIpc) is 1.72. The van der Waals surface area contributed by atoms with Crippen molar-refractivity contribution in [3.8, 4) is 51.1 Å². The zero-order valence-corrected chi connectivity index (χ0v) is 49.5. The van der Waals surface area contributed by atoms with Crippen LogP contribution in [0.1, 0.15) is 22.3 Å². The van der Waals surface area contributed by atoms with Gasteiger partial charge in [0.05, 0.1) is 73.7 Å². The van der Waals surface area contributed by atoms with Crippen molar-refractivity contribution in [2.24, 2.45) is 9.98 Å². The highest BCUT2D eigenvalue weighted by Crippen LogP contribution is 2.41. The van der Waals surface area contributed by atoms with Crippen molar-refractivity contribution >= 4 is 105 Å². The van der Waals surface area contributed by atoms with Gasteiger partial charge in [-0.2, -0.15) is 5.26 Å². The van der Waals surface area contributed by atoms with Crippen LogP contribution in [-0.4, -0.2) is 30.7 Å².